The number of halogens is 2. The third-order valence-electron chi connectivity index (χ3n) is 2.34. The highest BCUT2D eigenvalue weighted by Crippen LogP contribution is 2.25. The maximum absolute atomic E-state index is 12.2. The number of ether oxygens (including phenoxy) is 1. The third-order valence-corrected chi connectivity index (χ3v) is 2.34. The zero-order valence-electron chi connectivity index (χ0n) is 9.51. The summed E-state index contributed by atoms with van der Waals surface area (Å²) in [6.45, 7) is -2.31. The highest BCUT2D eigenvalue weighted by molar-refractivity contribution is 5.56. The van der Waals surface area contributed by atoms with E-state index in [4.69, 9.17) is 0 Å². The van der Waals surface area contributed by atoms with Crippen LogP contribution in [0.25, 0.3) is 0 Å². The van der Waals surface area contributed by atoms with Crippen LogP contribution in [0.5, 0.6) is 5.75 Å². The fourth-order valence-corrected chi connectivity index (χ4v) is 1.51. The molecule has 0 unspecified atom stereocenters. The predicted octanol–water partition coefficient (Wildman–Crippen LogP) is 3.30. The van der Waals surface area contributed by atoms with Gasteiger partial charge < -0.3 is 10.1 Å². The Morgan fingerprint density at radius 2 is 1.83 bits per heavy atom. The molecule has 0 saturated heterocycles. The predicted molar refractivity (Wildman–Crippen MR) is 64.6 cm³/mol. The maximum atomic E-state index is 12.2. The van der Waals surface area contributed by atoms with Gasteiger partial charge in [0.05, 0.1) is 5.69 Å². The second-order valence-corrected chi connectivity index (χ2v) is 3.58. The number of aromatic nitrogens is 1. The van der Waals surface area contributed by atoms with Crippen LogP contribution in [0.1, 0.15) is 5.56 Å². The van der Waals surface area contributed by atoms with Gasteiger partial charge >= 0.3 is 6.61 Å². The lowest BCUT2D eigenvalue weighted by molar-refractivity contribution is -0.0493. The molecule has 3 nitrogen and oxygen atoms in total. The van der Waals surface area contributed by atoms with E-state index in [9.17, 15) is 8.78 Å². The van der Waals surface area contributed by atoms with Crippen molar-refractivity contribution in [2.24, 2.45) is 0 Å². The number of nitrogens with one attached hydrogen (secondary N) is 1. The van der Waals surface area contributed by atoms with Crippen molar-refractivity contribution in [2.45, 2.75) is 13.2 Å². The Morgan fingerprint density at radius 3 is 2.56 bits per heavy atom. The minimum Gasteiger partial charge on any atom is -0.433 e. The van der Waals surface area contributed by atoms with Crippen molar-refractivity contribution < 1.29 is 13.5 Å². The molecule has 1 aromatic heterocycles. The highest BCUT2D eigenvalue weighted by Gasteiger charge is 2.08. The number of alkyl halides is 2. The van der Waals surface area contributed by atoms with Crippen LogP contribution in [-0.4, -0.2) is 11.6 Å². The minimum absolute atomic E-state index is 0.140. The lowest BCUT2D eigenvalue weighted by Crippen LogP contribution is -2.06. The Kier molecular flexibility index (Phi) is 4.06. The highest BCUT2D eigenvalue weighted by atomic mass is 19.3. The molecule has 5 heteroatoms. The molecule has 0 aliphatic carbocycles. The quantitative estimate of drug-likeness (QED) is 0.884. The van der Waals surface area contributed by atoms with Crippen molar-refractivity contribution >= 4 is 5.69 Å². The number of benzene rings is 1. The fraction of sp³-hybridized carbons (Fsp3) is 0.154. The van der Waals surface area contributed by atoms with Crippen LogP contribution >= 0.6 is 0 Å². The number of hydrogen-bond acceptors (Lipinski definition) is 3. The Morgan fingerprint density at radius 1 is 1.11 bits per heavy atom. The summed E-state index contributed by atoms with van der Waals surface area (Å²) in [5, 5.41) is 3.05. The van der Waals surface area contributed by atoms with Crippen LogP contribution in [0.2, 0.25) is 0 Å². The molecule has 0 spiro atoms. The summed E-state index contributed by atoms with van der Waals surface area (Å²) in [6, 6.07) is 10.3. The first-order valence-corrected chi connectivity index (χ1v) is 5.42. The maximum Gasteiger partial charge on any atom is 0.387 e. The standard InChI is InChI=1S/C13H12F2N2O/c14-13(15)18-12-4-2-1-3-11(12)17-9-10-5-7-16-8-6-10/h1-8,13,17H,9H2. The van der Waals surface area contributed by atoms with Gasteiger partial charge in [-0.1, -0.05) is 12.1 Å². The molecule has 1 heterocycles. The number of nitrogens with zero attached hydrogens (tertiary/aromatic N) is 1. The molecule has 0 atom stereocenters. The van der Waals surface area contributed by atoms with Crippen molar-refractivity contribution in [1.82, 2.24) is 4.98 Å². The first-order chi connectivity index (χ1) is 8.75. The van der Waals surface area contributed by atoms with Crippen LogP contribution in [0.4, 0.5) is 14.5 Å². The number of pyridine rings is 1. The Bertz CT molecular complexity index is 491. The van der Waals surface area contributed by atoms with Gasteiger partial charge in [0.25, 0.3) is 0 Å². The zero-order valence-corrected chi connectivity index (χ0v) is 9.51. The van der Waals surface area contributed by atoms with Gasteiger partial charge in [-0.25, -0.2) is 0 Å². The second-order valence-electron chi connectivity index (χ2n) is 3.58. The Hall–Kier alpha value is -2.17. The van der Waals surface area contributed by atoms with E-state index in [1.165, 1.54) is 6.07 Å². The average molecular weight is 250 g/mol. The second kappa shape index (κ2) is 5.95. The SMILES string of the molecule is FC(F)Oc1ccccc1NCc1ccncc1. The first kappa shape index (κ1) is 12.3. The summed E-state index contributed by atoms with van der Waals surface area (Å²) in [5.41, 5.74) is 1.55. The molecule has 2 aromatic rings. The summed E-state index contributed by atoms with van der Waals surface area (Å²) in [5.74, 6) is 0.140. The number of hydrogen-bond donors (Lipinski definition) is 1. The molecule has 0 fully saturated rings. The molecule has 2 rings (SSSR count). The number of rotatable bonds is 5. The number of anilines is 1. The van der Waals surface area contributed by atoms with Gasteiger partial charge in [-0.3, -0.25) is 4.98 Å². The van der Waals surface area contributed by atoms with Gasteiger partial charge in [0.1, 0.15) is 5.75 Å². The monoisotopic (exact) mass is 250 g/mol. The normalized spacial score (nSPS) is 10.4. The minimum atomic E-state index is -2.83. The Balaban J connectivity index is 2.05. The van der Waals surface area contributed by atoms with E-state index in [-0.39, 0.29) is 5.75 Å². The lowest BCUT2D eigenvalue weighted by atomic mass is 10.2. The van der Waals surface area contributed by atoms with Crippen molar-refractivity contribution in [3.63, 3.8) is 0 Å². The van der Waals surface area contributed by atoms with E-state index in [1.54, 1.807) is 30.6 Å². The van der Waals surface area contributed by atoms with E-state index in [0.29, 0.717) is 12.2 Å². The van der Waals surface area contributed by atoms with Gasteiger partial charge in [0, 0.05) is 18.9 Å². The van der Waals surface area contributed by atoms with E-state index in [2.05, 4.69) is 15.0 Å². The smallest absolute Gasteiger partial charge is 0.387 e. The molecule has 0 amide bonds. The van der Waals surface area contributed by atoms with Crippen LogP contribution in [0, 0.1) is 0 Å². The van der Waals surface area contributed by atoms with Crippen LogP contribution in [0.15, 0.2) is 48.8 Å². The molecule has 1 aromatic carbocycles. The molecule has 0 saturated carbocycles. The molecular formula is C13H12F2N2O. The largest absolute Gasteiger partial charge is 0.433 e. The molecule has 0 radical (unpaired) electrons. The molecule has 1 N–H and O–H groups in total. The lowest BCUT2D eigenvalue weighted by Gasteiger charge is -2.12. The molecule has 0 aliphatic rings. The van der Waals surface area contributed by atoms with Gasteiger partial charge in [0.2, 0.25) is 0 Å². The van der Waals surface area contributed by atoms with Gasteiger partial charge in [-0.2, -0.15) is 8.78 Å². The van der Waals surface area contributed by atoms with Gasteiger partial charge in [0.15, 0.2) is 0 Å². The molecule has 0 aliphatic heterocycles. The van der Waals surface area contributed by atoms with Crippen molar-refractivity contribution in [3.8, 4) is 5.75 Å². The van der Waals surface area contributed by atoms with E-state index in [1.807, 2.05) is 12.1 Å². The zero-order chi connectivity index (χ0) is 12.8. The van der Waals surface area contributed by atoms with Crippen molar-refractivity contribution in [2.75, 3.05) is 5.32 Å². The van der Waals surface area contributed by atoms with Crippen molar-refractivity contribution in [3.05, 3.63) is 54.4 Å². The number of para-hydroxylation sites is 2. The third kappa shape index (κ3) is 3.41. The topological polar surface area (TPSA) is 34.1 Å². The van der Waals surface area contributed by atoms with Crippen LogP contribution in [0.3, 0.4) is 0 Å². The molecule has 18 heavy (non-hydrogen) atoms. The average Bonchev–Trinajstić information content (AvgIpc) is 2.38. The molecule has 0 bridgehead atoms. The molecular weight excluding hydrogens is 238 g/mol. The Labute approximate surface area is 103 Å². The van der Waals surface area contributed by atoms with Gasteiger partial charge in [-0.15, -0.1) is 0 Å². The van der Waals surface area contributed by atoms with E-state index < -0.39 is 6.61 Å². The summed E-state index contributed by atoms with van der Waals surface area (Å²) in [7, 11) is 0. The van der Waals surface area contributed by atoms with Crippen molar-refractivity contribution in [1.29, 1.82) is 0 Å². The summed E-state index contributed by atoms with van der Waals surface area (Å²) >= 11 is 0. The first-order valence-electron chi connectivity index (χ1n) is 5.42. The van der Waals surface area contributed by atoms with Gasteiger partial charge in [-0.05, 0) is 29.8 Å². The van der Waals surface area contributed by atoms with E-state index in [0.717, 1.165) is 5.56 Å². The summed E-state index contributed by atoms with van der Waals surface area (Å²) in [4.78, 5) is 3.91. The van der Waals surface area contributed by atoms with Crippen LogP contribution in [-0.2, 0) is 6.54 Å². The van der Waals surface area contributed by atoms with E-state index >= 15 is 0 Å². The molecule has 94 valence electrons. The van der Waals surface area contributed by atoms with Crippen LogP contribution < -0.4 is 10.1 Å². The summed E-state index contributed by atoms with van der Waals surface area (Å²) < 4.78 is 28.8. The fourth-order valence-electron chi connectivity index (χ4n) is 1.51. The summed E-state index contributed by atoms with van der Waals surface area (Å²) in [6.07, 6.45) is 3.36.